The number of ether oxygens (including phenoxy) is 1. The molecule has 1 saturated heterocycles. The number of halogens is 1. The van der Waals surface area contributed by atoms with E-state index in [4.69, 9.17) is 4.74 Å². The predicted molar refractivity (Wildman–Crippen MR) is 118 cm³/mol. The van der Waals surface area contributed by atoms with Crippen LogP contribution in [0.5, 0.6) is 5.75 Å². The standard InChI is InChI=1S/C24H32FN3O2/c1-5-27(16-20-9-10-23(30-4)21(25)15-20)24(29)17-26-11-13-28(14-12-26)22-8-6-7-18(2)19(22)3/h6-10,15H,5,11-14,16-17H2,1-4H3/p+1. The van der Waals surface area contributed by atoms with E-state index in [0.29, 0.717) is 19.6 Å². The number of carbonyl (C=O) groups excluding carboxylic acids is 1. The van der Waals surface area contributed by atoms with E-state index in [1.807, 2.05) is 13.0 Å². The molecule has 0 radical (unpaired) electrons. The van der Waals surface area contributed by atoms with Gasteiger partial charge < -0.3 is 19.4 Å². The van der Waals surface area contributed by atoms with Crippen molar-refractivity contribution in [1.29, 1.82) is 0 Å². The van der Waals surface area contributed by atoms with Crippen LogP contribution in [0.1, 0.15) is 23.6 Å². The maximum absolute atomic E-state index is 14.0. The van der Waals surface area contributed by atoms with Crippen molar-refractivity contribution >= 4 is 11.6 Å². The number of likely N-dealkylation sites (N-methyl/N-ethyl adjacent to an activating group) is 1. The molecule has 0 aliphatic carbocycles. The van der Waals surface area contributed by atoms with Crippen molar-refractivity contribution in [2.24, 2.45) is 0 Å². The number of quaternary nitrogens is 1. The van der Waals surface area contributed by atoms with Crippen molar-refractivity contribution in [2.45, 2.75) is 27.3 Å². The molecule has 1 heterocycles. The number of hydrogen-bond donors (Lipinski definition) is 1. The molecule has 0 atom stereocenters. The van der Waals surface area contributed by atoms with E-state index in [1.54, 1.807) is 11.0 Å². The lowest BCUT2D eigenvalue weighted by atomic mass is 10.1. The first-order chi connectivity index (χ1) is 14.4. The average molecular weight is 415 g/mol. The van der Waals surface area contributed by atoms with Crippen LogP contribution >= 0.6 is 0 Å². The molecule has 5 nitrogen and oxygen atoms in total. The predicted octanol–water partition coefficient (Wildman–Crippen LogP) is 2.20. The highest BCUT2D eigenvalue weighted by molar-refractivity contribution is 5.77. The van der Waals surface area contributed by atoms with E-state index < -0.39 is 5.82 Å². The summed E-state index contributed by atoms with van der Waals surface area (Å²) in [7, 11) is 1.45. The van der Waals surface area contributed by atoms with E-state index in [2.05, 4.69) is 36.9 Å². The Bertz CT molecular complexity index is 879. The molecule has 30 heavy (non-hydrogen) atoms. The van der Waals surface area contributed by atoms with Gasteiger partial charge in [0.15, 0.2) is 18.1 Å². The second-order valence-electron chi connectivity index (χ2n) is 8.01. The van der Waals surface area contributed by atoms with Crippen LogP contribution in [0.3, 0.4) is 0 Å². The van der Waals surface area contributed by atoms with Crippen LogP contribution in [0.25, 0.3) is 0 Å². The second-order valence-corrected chi connectivity index (χ2v) is 8.01. The molecule has 0 saturated carbocycles. The van der Waals surface area contributed by atoms with Crippen LogP contribution in [0, 0.1) is 19.7 Å². The highest BCUT2D eigenvalue weighted by Crippen LogP contribution is 2.22. The molecule has 1 fully saturated rings. The van der Waals surface area contributed by atoms with Gasteiger partial charge in [-0.25, -0.2) is 4.39 Å². The van der Waals surface area contributed by atoms with Crippen molar-refractivity contribution in [3.63, 3.8) is 0 Å². The van der Waals surface area contributed by atoms with Crippen LogP contribution in [-0.4, -0.2) is 57.2 Å². The Kier molecular flexibility index (Phi) is 7.32. The van der Waals surface area contributed by atoms with Gasteiger partial charge in [0.25, 0.3) is 5.91 Å². The maximum atomic E-state index is 14.0. The number of benzene rings is 2. The lowest BCUT2D eigenvalue weighted by molar-refractivity contribution is -0.892. The van der Waals surface area contributed by atoms with Crippen molar-refractivity contribution in [3.05, 3.63) is 58.9 Å². The zero-order chi connectivity index (χ0) is 21.7. The summed E-state index contributed by atoms with van der Waals surface area (Å²) < 4.78 is 18.9. The number of methoxy groups -OCH3 is 1. The third-order valence-corrected chi connectivity index (χ3v) is 6.11. The first-order valence-electron chi connectivity index (χ1n) is 10.7. The summed E-state index contributed by atoms with van der Waals surface area (Å²) in [5.41, 5.74) is 4.72. The first-order valence-corrected chi connectivity index (χ1v) is 10.7. The van der Waals surface area contributed by atoms with Crippen molar-refractivity contribution in [1.82, 2.24) is 4.90 Å². The summed E-state index contributed by atoms with van der Waals surface area (Å²) in [5, 5.41) is 0. The highest BCUT2D eigenvalue weighted by Gasteiger charge is 2.25. The lowest BCUT2D eigenvalue weighted by Crippen LogP contribution is -3.15. The Morgan fingerprint density at radius 1 is 1.20 bits per heavy atom. The Morgan fingerprint density at radius 2 is 1.93 bits per heavy atom. The van der Waals surface area contributed by atoms with Gasteiger partial charge >= 0.3 is 0 Å². The van der Waals surface area contributed by atoms with E-state index >= 15 is 0 Å². The Hall–Kier alpha value is -2.60. The summed E-state index contributed by atoms with van der Waals surface area (Å²) in [4.78, 5) is 18.4. The molecule has 1 aliphatic rings. The molecule has 1 aliphatic heterocycles. The number of anilines is 1. The monoisotopic (exact) mass is 414 g/mol. The highest BCUT2D eigenvalue weighted by atomic mass is 19.1. The Labute approximate surface area is 179 Å². The minimum Gasteiger partial charge on any atom is -0.494 e. The number of nitrogens with zero attached hydrogens (tertiary/aromatic N) is 2. The SMILES string of the molecule is CCN(Cc1ccc(OC)c(F)c1)C(=O)C[NH+]1CCN(c2cccc(C)c2C)CC1. The summed E-state index contributed by atoms with van der Waals surface area (Å²) in [6.45, 7) is 11.6. The number of piperazine rings is 1. The lowest BCUT2D eigenvalue weighted by Gasteiger charge is -2.35. The topological polar surface area (TPSA) is 37.2 Å². The zero-order valence-electron chi connectivity index (χ0n) is 18.5. The van der Waals surface area contributed by atoms with Crippen molar-refractivity contribution in [2.75, 3.05) is 51.3 Å². The molecule has 1 amide bonds. The number of nitrogens with one attached hydrogen (secondary N) is 1. The third kappa shape index (κ3) is 5.11. The van der Waals surface area contributed by atoms with Crippen LogP contribution in [0.2, 0.25) is 0 Å². The van der Waals surface area contributed by atoms with Crippen molar-refractivity contribution in [3.8, 4) is 5.75 Å². The fourth-order valence-corrected chi connectivity index (χ4v) is 4.05. The van der Waals surface area contributed by atoms with Gasteiger partial charge in [0, 0.05) is 18.8 Å². The number of rotatable bonds is 7. The van der Waals surface area contributed by atoms with E-state index in [0.717, 1.165) is 31.7 Å². The van der Waals surface area contributed by atoms with Crippen LogP contribution < -0.4 is 14.5 Å². The normalized spacial score (nSPS) is 14.6. The molecular weight excluding hydrogens is 381 g/mol. The van der Waals surface area contributed by atoms with Gasteiger partial charge in [-0.3, -0.25) is 4.79 Å². The summed E-state index contributed by atoms with van der Waals surface area (Å²) >= 11 is 0. The smallest absolute Gasteiger partial charge is 0.278 e. The quantitative estimate of drug-likeness (QED) is 0.755. The molecule has 2 aromatic rings. The molecule has 6 heteroatoms. The Balaban J connectivity index is 1.55. The van der Waals surface area contributed by atoms with E-state index in [9.17, 15) is 9.18 Å². The molecule has 2 aromatic carbocycles. The van der Waals surface area contributed by atoms with Crippen LogP contribution in [-0.2, 0) is 11.3 Å². The van der Waals surface area contributed by atoms with E-state index in [-0.39, 0.29) is 11.7 Å². The molecule has 0 spiro atoms. The molecule has 162 valence electrons. The van der Waals surface area contributed by atoms with E-state index in [1.165, 1.54) is 34.9 Å². The number of aryl methyl sites for hydroxylation is 1. The van der Waals surface area contributed by atoms with Gasteiger partial charge in [-0.2, -0.15) is 0 Å². The summed E-state index contributed by atoms with van der Waals surface area (Å²) in [6.07, 6.45) is 0. The summed E-state index contributed by atoms with van der Waals surface area (Å²) in [5.74, 6) is -0.0603. The molecule has 3 rings (SSSR count). The molecule has 0 bridgehead atoms. The minimum absolute atomic E-state index is 0.115. The maximum Gasteiger partial charge on any atom is 0.278 e. The van der Waals surface area contributed by atoms with Crippen molar-refractivity contribution < 1.29 is 18.8 Å². The minimum atomic E-state index is -0.397. The van der Waals surface area contributed by atoms with Crippen LogP contribution in [0.15, 0.2) is 36.4 Å². The van der Waals surface area contributed by atoms with Gasteiger partial charge in [-0.1, -0.05) is 18.2 Å². The fraction of sp³-hybridized carbons (Fsp3) is 0.458. The largest absolute Gasteiger partial charge is 0.494 e. The zero-order valence-corrected chi connectivity index (χ0v) is 18.5. The Morgan fingerprint density at radius 3 is 2.57 bits per heavy atom. The number of amides is 1. The first kappa shape index (κ1) is 22.1. The van der Waals surface area contributed by atoms with Gasteiger partial charge in [0.05, 0.1) is 33.3 Å². The average Bonchev–Trinajstić information content (AvgIpc) is 2.74. The molecule has 0 unspecified atom stereocenters. The second kappa shape index (κ2) is 9.94. The van der Waals surface area contributed by atoms with Gasteiger partial charge in [0.1, 0.15) is 0 Å². The number of hydrogen-bond acceptors (Lipinski definition) is 3. The number of carbonyl (C=O) groups is 1. The van der Waals surface area contributed by atoms with Gasteiger partial charge in [0.2, 0.25) is 0 Å². The fourth-order valence-electron chi connectivity index (χ4n) is 4.05. The van der Waals surface area contributed by atoms with Gasteiger partial charge in [-0.05, 0) is 55.7 Å². The van der Waals surface area contributed by atoms with Crippen LogP contribution in [0.4, 0.5) is 10.1 Å². The molecular formula is C24H33FN3O2+. The third-order valence-electron chi connectivity index (χ3n) is 6.11. The molecule has 1 N–H and O–H groups in total. The van der Waals surface area contributed by atoms with Gasteiger partial charge in [-0.15, -0.1) is 0 Å². The molecule has 0 aromatic heterocycles. The summed E-state index contributed by atoms with van der Waals surface area (Å²) in [6, 6.07) is 11.3.